The fourth-order valence-corrected chi connectivity index (χ4v) is 6.85. The first-order valence-corrected chi connectivity index (χ1v) is 23.1. The number of carbonyl (C=O) groups is 11. The maximum absolute atomic E-state index is 13.9. The van der Waals surface area contributed by atoms with E-state index in [1.807, 2.05) is 13.8 Å². The predicted octanol–water partition coefficient (Wildman–Crippen LogP) is -1.89. The van der Waals surface area contributed by atoms with Gasteiger partial charge in [-0.15, -0.1) is 0 Å². The lowest BCUT2D eigenvalue weighted by molar-refractivity contribution is -0.142. The molecule has 8 atom stereocenters. The molecule has 23 heteroatoms. The van der Waals surface area contributed by atoms with Crippen molar-refractivity contribution in [3.63, 3.8) is 0 Å². The Labute approximate surface area is 403 Å². The Morgan fingerprint density at radius 1 is 0.522 bits per heavy atom. The van der Waals surface area contributed by atoms with Crippen molar-refractivity contribution in [1.82, 2.24) is 42.5 Å². The molecule has 0 heterocycles. The molecule has 0 saturated carbocycles. The number of carboxylic acid groups (broad SMARTS) is 1. The number of nitrogens with two attached hydrogens (primary N) is 3. The molecule has 0 bridgehead atoms. The number of hydrogen-bond donors (Lipinski definition) is 12. The summed E-state index contributed by atoms with van der Waals surface area (Å²) in [4.78, 5) is 143. The predicted molar refractivity (Wildman–Crippen MR) is 253 cm³/mol. The molecular formula is C46H75N11O12. The van der Waals surface area contributed by atoms with E-state index in [9.17, 15) is 57.8 Å². The van der Waals surface area contributed by atoms with Crippen molar-refractivity contribution < 1.29 is 57.8 Å². The van der Waals surface area contributed by atoms with E-state index in [1.54, 1.807) is 71.9 Å². The van der Waals surface area contributed by atoms with E-state index in [0.717, 1.165) is 0 Å². The normalized spacial score (nSPS) is 14.7. The summed E-state index contributed by atoms with van der Waals surface area (Å²) in [6.45, 7) is 14.7. The average Bonchev–Trinajstić information content (AvgIpc) is 3.24. The molecule has 0 aliphatic rings. The van der Waals surface area contributed by atoms with Gasteiger partial charge in [-0.1, -0.05) is 85.7 Å². The first kappa shape index (κ1) is 60.4. The molecule has 1 aromatic rings. The van der Waals surface area contributed by atoms with Crippen LogP contribution in [0.3, 0.4) is 0 Å². The number of hydrogen-bond acceptors (Lipinski definition) is 12. The van der Waals surface area contributed by atoms with Crippen molar-refractivity contribution in [2.75, 3.05) is 6.54 Å². The zero-order valence-electron chi connectivity index (χ0n) is 41.1. The highest BCUT2D eigenvalue weighted by molar-refractivity contribution is 5.98. The Bertz CT molecular complexity index is 1950. The van der Waals surface area contributed by atoms with Crippen LogP contribution in [0.2, 0.25) is 0 Å². The molecule has 23 nitrogen and oxygen atoms in total. The van der Waals surface area contributed by atoms with Crippen LogP contribution < -0.4 is 59.7 Å². The topological polar surface area (TPSA) is 382 Å². The summed E-state index contributed by atoms with van der Waals surface area (Å²) in [7, 11) is 0. The molecule has 15 N–H and O–H groups in total. The van der Waals surface area contributed by atoms with Crippen LogP contribution in [0.4, 0.5) is 0 Å². The van der Waals surface area contributed by atoms with Crippen LogP contribution in [0, 0.1) is 23.7 Å². The molecule has 1 rings (SSSR count). The van der Waals surface area contributed by atoms with Crippen LogP contribution >= 0.6 is 0 Å². The molecule has 0 radical (unpaired) electrons. The zero-order valence-corrected chi connectivity index (χ0v) is 41.1. The molecule has 1 aromatic carbocycles. The van der Waals surface area contributed by atoms with Gasteiger partial charge in [0.25, 0.3) is 0 Å². The molecule has 0 aliphatic heterocycles. The summed E-state index contributed by atoms with van der Waals surface area (Å²) >= 11 is 0. The minimum absolute atomic E-state index is 0.0288. The van der Waals surface area contributed by atoms with Crippen molar-refractivity contribution in [3.8, 4) is 0 Å². The highest BCUT2D eigenvalue weighted by Gasteiger charge is 2.34. The minimum atomic E-state index is -1.58. The minimum Gasteiger partial charge on any atom is -0.480 e. The largest absolute Gasteiger partial charge is 0.480 e. The van der Waals surface area contributed by atoms with Gasteiger partial charge in [-0.2, -0.15) is 0 Å². The van der Waals surface area contributed by atoms with Gasteiger partial charge in [0.05, 0.1) is 19.0 Å². The zero-order chi connectivity index (χ0) is 52.7. The van der Waals surface area contributed by atoms with Gasteiger partial charge in [0, 0.05) is 12.8 Å². The number of rotatable bonds is 31. The van der Waals surface area contributed by atoms with Crippen LogP contribution in [0.1, 0.15) is 106 Å². The fourth-order valence-electron chi connectivity index (χ4n) is 6.85. The highest BCUT2D eigenvalue weighted by Crippen LogP contribution is 2.11. The third kappa shape index (κ3) is 23.8. The lowest BCUT2D eigenvalue weighted by atomic mass is 9.99. The van der Waals surface area contributed by atoms with Crippen LogP contribution in [0.15, 0.2) is 30.3 Å². The van der Waals surface area contributed by atoms with E-state index < -0.39 is 132 Å². The quantitative estimate of drug-likeness (QED) is 0.0388. The maximum atomic E-state index is 13.9. The summed E-state index contributed by atoms with van der Waals surface area (Å²) in [5.41, 5.74) is 17.4. The van der Waals surface area contributed by atoms with Crippen molar-refractivity contribution in [2.24, 2.45) is 40.9 Å². The summed E-state index contributed by atoms with van der Waals surface area (Å²) in [6.07, 6.45) is -0.984. The third-order valence-corrected chi connectivity index (χ3v) is 10.4. The van der Waals surface area contributed by atoms with Crippen molar-refractivity contribution in [3.05, 3.63) is 35.9 Å². The van der Waals surface area contributed by atoms with Crippen LogP contribution in [0.25, 0.3) is 0 Å². The molecule has 69 heavy (non-hydrogen) atoms. The lowest BCUT2D eigenvalue weighted by Crippen LogP contribution is -2.60. The van der Waals surface area contributed by atoms with Gasteiger partial charge < -0.3 is 64.8 Å². The summed E-state index contributed by atoms with van der Waals surface area (Å²) in [5.74, 6) is -10.4. The van der Waals surface area contributed by atoms with Gasteiger partial charge in [-0.3, -0.25) is 47.9 Å². The standard InChI is InChI=1S/C46H75N11O12/c1-23(2)17-29(47)40(62)57-38(26(7)8)45(67)55-33(21-36(49)59)44(66)54-31(18-24(3)4)41(63)50-22-37(60)52-32(20-28-13-11-10-12-14-28)43(65)53-30(15-16-35(48)58)42(64)51-27(9)39(61)56-34(46(68)69)19-25(5)6/h10-14,23-27,29-34,38H,15-22,47H2,1-9H3,(H2,48,58)(H2,49,59)(H,50,63)(H,51,64)(H,52,60)(H,53,65)(H,54,66)(H,55,67)(H,56,61)(H,57,62)(H,68,69)/t27-,29-,30-,31-,32-,33-,34-,38-/m0/s1. The van der Waals surface area contributed by atoms with Crippen LogP contribution in [-0.2, 0) is 59.2 Å². The maximum Gasteiger partial charge on any atom is 0.326 e. The summed E-state index contributed by atoms with van der Waals surface area (Å²) in [6, 6.07) is -1.88. The first-order chi connectivity index (χ1) is 32.1. The highest BCUT2D eigenvalue weighted by atomic mass is 16.4. The third-order valence-electron chi connectivity index (χ3n) is 10.4. The van der Waals surface area contributed by atoms with Crippen molar-refractivity contribution in [1.29, 1.82) is 0 Å². The van der Waals surface area contributed by atoms with Gasteiger partial charge in [0.1, 0.15) is 42.3 Å². The number of carboxylic acids is 1. The number of amides is 10. The van der Waals surface area contributed by atoms with Gasteiger partial charge in [0.2, 0.25) is 59.1 Å². The van der Waals surface area contributed by atoms with E-state index in [1.165, 1.54) is 6.92 Å². The SMILES string of the molecule is CC(C)C[C@H](NC(=O)[C@H](C)NC(=O)[C@H](CCC(N)=O)NC(=O)[C@H](Cc1ccccc1)NC(=O)CNC(=O)[C@H](CC(C)C)NC(=O)[C@H](CC(N)=O)NC(=O)[C@@H](NC(=O)[C@@H](N)CC(C)C)C(C)C)C(=O)O. The summed E-state index contributed by atoms with van der Waals surface area (Å²) < 4.78 is 0. The molecule has 0 saturated heterocycles. The number of carbonyl (C=O) groups excluding carboxylic acids is 10. The van der Waals surface area contributed by atoms with E-state index in [2.05, 4.69) is 42.5 Å². The molecule has 386 valence electrons. The molecule has 0 fully saturated rings. The van der Waals surface area contributed by atoms with E-state index >= 15 is 0 Å². The first-order valence-electron chi connectivity index (χ1n) is 23.1. The smallest absolute Gasteiger partial charge is 0.326 e. The van der Waals surface area contributed by atoms with Gasteiger partial charge >= 0.3 is 5.97 Å². The van der Waals surface area contributed by atoms with E-state index in [-0.39, 0.29) is 49.9 Å². The van der Waals surface area contributed by atoms with Gasteiger partial charge in [-0.25, -0.2) is 4.79 Å². The Kier molecular flexibility index (Phi) is 26.2. The fraction of sp³-hybridized carbons (Fsp3) is 0.630. The van der Waals surface area contributed by atoms with E-state index in [4.69, 9.17) is 17.2 Å². The summed E-state index contributed by atoms with van der Waals surface area (Å²) in [5, 5.41) is 29.4. The number of aliphatic carboxylic acids is 1. The van der Waals surface area contributed by atoms with Crippen LogP contribution in [-0.4, -0.2) is 125 Å². The lowest BCUT2D eigenvalue weighted by Gasteiger charge is -2.27. The molecule has 0 aromatic heterocycles. The second-order valence-electron chi connectivity index (χ2n) is 18.7. The Hall–Kier alpha value is -6.65. The number of nitrogens with one attached hydrogen (secondary N) is 8. The molecule has 0 unspecified atom stereocenters. The molecular weight excluding hydrogens is 899 g/mol. The molecule has 0 aliphatic carbocycles. The molecule has 10 amide bonds. The number of benzene rings is 1. The average molecular weight is 974 g/mol. The molecule has 0 spiro atoms. The Balaban J connectivity index is 3.27. The second-order valence-corrected chi connectivity index (χ2v) is 18.7. The van der Waals surface area contributed by atoms with E-state index in [0.29, 0.717) is 12.0 Å². The van der Waals surface area contributed by atoms with Crippen LogP contribution in [0.5, 0.6) is 0 Å². The Morgan fingerprint density at radius 2 is 1.03 bits per heavy atom. The second kappa shape index (κ2) is 30.0. The van der Waals surface area contributed by atoms with Crippen molar-refractivity contribution >= 4 is 65.0 Å². The van der Waals surface area contributed by atoms with Gasteiger partial charge in [-0.05, 0) is 61.8 Å². The van der Waals surface area contributed by atoms with Gasteiger partial charge in [0.15, 0.2) is 0 Å². The Morgan fingerprint density at radius 3 is 1.55 bits per heavy atom. The van der Waals surface area contributed by atoms with Crippen molar-refractivity contribution in [2.45, 2.75) is 156 Å². The number of primary amides is 2. The monoisotopic (exact) mass is 974 g/mol.